The number of carboxylic acids is 1. The lowest BCUT2D eigenvalue weighted by Gasteiger charge is -2.43. The number of carboxylic acid groups (broad SMARTS) is 1. The third-order valence-electron chi connectivity index (χ3n) is 5.32. The first-order valence-corrected chi connectivity index (χ1v) is 9.06. The van der Waals surface area contributed by atoms with Gasteiger partial charge in [0.25, 0.3) is 5.91 Å². The van der Waals surface area contributed by atoms with Gasteiger partial charge >= 0.3 is 5.97 Å². The largest absolute Gasteiger partial charge is 0.494 e. The molecule has 29 heavy (non-hydrogen) atoms. The van der Waals surface area contributed by atoms with Crippen LogP contribution in [0.25, 0.3) is 0 Å². The maximum Gasteiger partial charge on any atom is 0.314 e. The molecule has 0 spiro atoms. The third kappa shape index (κ3) is 3.93. The molecule has 2 atom stereocenters. The van der Waals surface area contributed by atoms with Crippen molar-refractivity contribution in [2.75, 3.05) is 20.2 Å². The molecule has 0 bridgehead atoms. The second-order valence-electron chi connectivity index (χ2n) is 7.12. The van der Waals surface area contributed by atoms with Crippen molar-refractivity contribution in [3.8, 4) is 5.75 Å². The zero-order valence-electron chi connectivity index (χ0n) is 15.8. The summed E-state index contributed by atoms with van der Waals surface area (Å²) in [7, 11) is 1.28. The molecule has 2 aromatic carbocycles. The first-order valence-electron chi connectivity index (χ1n) is 9.06. The molecule has 0 radical (unpaired) electrons. The number of ether oxygens (including phenoxy) is 1. The SMILES string of the molecule is COc1cccc(C(=O)N2CC[C@H](O)[C@](Cc3cccc(F)c3)(C(=O)O)C2)c1F. The molecule has 2 aromatic rings. The summed E-state index contributed by atoms with van der Waals surface area (Å²) in [5.41, 5.74) is -1.60. The number of piperidine rings is 1. The van der Waals surface area contributed by atoms with E-state index in [4.69, 9.17) is 4.74 Å². The van der Waals surface area contributed by atoms with E-state index in [-0.39, 0.29) is 37.2 Å². The van der Waals surface area contributed by atoms with Gasteiger partial charge in [-0.3, -0.25) is 9.59 Å². The molecule has 1 fully saturated rings. The van der Waals surface area contributed by atoms with Crippen LogP contribution in [0.5, 0.6) is 5.75 Å². The van der Waals surface area contributed by atoms with Crippen LogP contribution < -0.4 is 4.74 Å². The van der Waals surface area contributed by atoms with Crippen LogP contribution in [0.3, 0.4) is 0 Å². The molecule has 6 nitrogen and oxygen atoms in total. The van der Waals surface area contributed by atoms with Gasteiger partial charge in [0.15, 0.2) is 11.6 Å². The van der Waals surface area contributed by atoms with Crippen LogP contribution in [0.4, 0.5) is 8.78 Å². The predicted octanol–water partition coefficient (Wildman–Crippen LogP) is 2.49. The van der Waals surface area contributed by atoms with Gasteiger partial charge in [-0.1, -0.05) is 18.2 Å². The van der Waals surface area contributed by atoms with Gasteiger partial charge in [-0.15, -0.1) is 0 Å². The topological polar surface area (TPSA) is 87.1 Å². The van der Waals surface area contributed by atoms with Gasteiger partial charge in [-0.25, -0.2) is 8.78 Å². The average Bonchev–Trinajstić information content (AvgIpc) is 2.69. The maximum atomic E-state index is 14.5. The fourth-order valence-corrected chi connectivity index (χ4v) is 3.73. The lowest BCUT2D eigenvalue weighted by molar-refractivity contribution is -0.161. The van der Waals surface area contributed by atoms with Crippen LogP contribution in [0.1, 0.15) is 22.3 Å². The second-order valence-corrected chi connectivity index (χ2v) is 7.12. The van der Waals surface area contributed by atoms with Crippen LogP contribution in [0.15, 0.2) is 42.5 Å². The summed E-state index contributed by atoms with van der Waals surface area (Å²) in [6, 6.07) is 9.56. The van der Waals surface area contributed by atoms with Crippen molar-refractivity contribution in [2.45, 2.75) is 18.9 Å². The van der Waals surface area contributed by atoms with Crippen molar-refractivity contribution in [1.29, 1.82) is 0 Å². The molecule has 1 heterocycles. The molecule has 1 saturated heterocycles. The van der Waals surface area contributed by atoms with Crippen LogP contribution in [-0.2, 0) is 11.2 Å². The summed E-state index contributed by atoms with van der Waals surface area (Å²) in [5.74, 6) is -3.47. The Morgan fingerprint density at radius 2 is 1.97 bits per heavy atom. The Hall–Kier alpha value is -3.00. The number of amides is 1. The van der Waals surface area contributed by atoms with Crippen molar-refractivity contribution in [3.63, 3.8) is 0 Å². The van der Waals surface area contributed by atoms with Gasteiger partial charge in [-0.05, 0) is 42.7 Å². The third-order valence-corrected chi connectivity index (χ3v) is 5.32. The van der Waals surface area contributed by atoms with E-state index in [1.54, 1.807) is 6.07 Å². The van der Waals surface area contributed by atoms with Crippen molar-refractivity contribution in [1.82, 2.24) is 4.90 Å². The average molecular weight is 405 g/mol. The summed E-state index contributed by atoms with van der Waals surface area (Å²) < 4.78 is 33.0. The molecular weight excluding hydrogens is 384 g/mol. The number of carbonyl (C=O) groups is 2. The molecule has 0 saturated carbocycles. The highest BCUT2D eigenvalue weighted by Gasteiger charge is 2.50. The summed E-state index contributed by atoms with van der Waals surface area (Å²) in [6.45, 7) is -0.273. The fraction of sp³-hybridized carbons (Fsp3) is 0.333. The van der Waals surface area contributed by atoms with Crippen LogP contribution in [0.2, 0.25) is 0 Å². The Bertz CT molecular complexity index is 935. The highest BCUT2D eigenvalue weighted by molar-refractivity contribution is 5.95. The van der Waals surface area contributed by atoms with Crippen LogP contribution >= 0.6 is 0 Å². The van der Waals surface area contributed by atoms with Gasteiger partial charge in [-0.2, -0.15) is 0 Å². The van der Waals surface area contributed by atoms with Gasteiger partial charge in [0.1, 0.15) is 11.2 Å². The number of methoxy groups -OCH3 is 1. The van der Waals surface area contributed by atoms with Crippen molar-refractivity contribution < 1.29 is 33.3 Å². The molecule has 1 aliphatic rings. The second kappa shape index (κ2) is 8.16. The minimum atomic E-state index is -1.74. The fourth-order valence-electron chi connectivity index (χ4n) is 3.73. The molecule has 8 heteroatoms. The summed E-state index contributed by atoms with van der Waals surface area (Å²) in [6.07, 6.45) is -1.42. The molecule has 154 valence electrons. The first-order chi connectivity index (χ1) is 13.8. The summed E-state index contributed by atoms with van der Waals surface area (Å²) in [5, 5.41) is 20.4. The minimum Gasteiger partial charge on any atom is -0.494 e. The molecular formula is C21H21F2NO5. The number of hydrogen-bond acceptors (Lipinski definition) is 4. The Labute approximate surface area is 166 Å². The molecule has 0 aliphatic carbocycles. The van der Waals surface area contributed by atoms with E-state index in [1.807, 2.05) is 0 Å². The highest BCUT2D eigenvalue weighted by Crippen LogP contribution is 2.36. The van der Waals surface area contributed by atoms with E-state index in [9.17, 15) is 28.6 Å². The Kier molecular flexibility index (Phi) is 5.83. The minimum absolute atomic E-state index is 0.00105. The number of likely N-dealkylation sites (tertiary alicyclic amines) is 1. The number of hydrogen-bond donors (Lipinski definition) is 2. The summed E-state index contributed by atoms with van der Waals surface area (Å²) in [4.78, 5) is 26.3. The van der Waals surface area contributed by atoms with E-state index >= 15 is 0 Å². The van der Waals surface area contributed by atoms with Gasteiger partial charge < -0.3 is 19.8 Å². The number of benzene rings is 2. The smallest absolute Gasteiger partial charge is 0.314 e. The molecule has 1 aliphatic heterocycles. The highest BCUT2D eigenvalue weighted by atomic mass is 19.1. The van der Waals surface area contributed by atoms with E-state index < -0.39 is 35.0 Å². The van der Waals surface area contributed by atoms with E-state index in [0.29, 0.717) is 5.56 Å². The number of aliphatic hydroxyl groups excluding tert-OH is 1. The van der Waals surface area contributed by atoms with Crippen molar-refractivity contribution in [2.24, 2.45) is 5.41 Å². The maximum absolute atomic E-state index is 14.5. The monoisotopic (exact) mass is 405 g/mol. The summed E-state index contributed by atoms with van der Waals surface area (Å²) >= 11 is 0. The van der Waals surface area contributed by atoms with Crippen LogP contribution in [0, 0.1) is 17.0 Å². The van der Waals surface area contributed by atoms with E-state index in [0.717, 1.165) is 0 Å². The zero-order valence-corrected chi connectivity index (χ0v) is 15.8. The van der Waals surface area contributed by atoms with E-state index in [2.05, 4.69) is 0 Å². The van der Waals surface area contributed by atoms with Gasteiger partial charge in [0, 0.05) is 13.1 Å². The Morgan fingerprint density at radius 1 is 1.24 bits per heavy atom. The number of halogens is 2. The van der Waals surface area contributed by atoms with Crippen molar-refractivity contribution >= 4 is 11.9 Å². The molecule has 1 amide bonds. The van der Waals surface area contributed by atoms with Crippen molar-refractivity contribution in [3.05, 3.63) is 65.2 Å². The number of aliphatic carboxylic acids is 1. The Balaban J connectivity index is 1.93. The molecule has 2 N–H and O–H groups in total. The zero-order chi connectivity index (χ0) is 21.2. The first kappa shape index (κ1) is 20.7. The van der Waals surface area contributed by atoms with Crippen LogP contribution in [-0.4, -0.2) is 53.3 Å². The quantitative estimate of drug-likeness (QED) is 0.798. The number of rotatable bonds is 5. The lowest BCUT2D eigenvalue weighted by Crippen LogP contribution is -2.58. The van der Waals surface area contributed by atoms with Gasteiger partial charge in [0.2, 0.25) is 0 Å². The molecule has 3 rings (SSSR count). The Morgan fingerprint density at radius 3 is 2.62 bits per heavy atom. The molecule has 0 aromatic heterocycles. The normalized spacial score (nSPS) is 21.7. The standard InChI is InChI=1S/C21H21F2NO5/c1-29-16-7-3-6-15(18(16)23)19(26)24-9-8-17(25)21(12-24,20(27)28)11-13-4-2-5-14(22)10-13/h2-7,10,17,25H,8-9,11-12H2,1H3,(H,27,28)/t17-,21+/m0/s1. The lowest BCUT2D eigenvalue weighted by atomic mass is 9.72. The molecule has 0 unspecified atom stereocenters. The van der Waals surface area contributed by atoms with E-state index in [1.165, 1.54) is 48.4 Å². The van der Waals surface area contributed by atoms with Gasteiger partial charge in [0.05, 0.1) is 18.8 Å². The predicted molar refractivity (Wildman–Crippen MR) is 99.7 cm³/mol. The number of aliphatic hydroxyl groups is 1. The number of carbonyl (C=O) groups excluding carboxylic acids is 1. The number of nitrogens with zero attached hydrogens (tertiary/aromatic N) is 1.